The number of carbonyl (C=O) groups excluding carboxylic acids is 2. The quantitative estimate of drug-likeness (QED) is 0.625. The SMILES string of the molecule is O=C1C[C@@H](C(=O)Nc2ccccc2C(F)(F)F)n2ncc(-c3ccc(Cl)cc3)c2N1. The molecule has 2 amide bonds. The van der Waals surface area contributed by atoms with Crippen LogP contribution in [0.15, 0.2) is 54.7 Å². The summed E-state index contributed by atoms with van der Waals surface area (Å²) in [5, 5.41) is 9.69. The van der Waals surface area contributed by atoms with Crippen LogP contribution in [-0.2, 0) is 15.8 Å². The zero-order chi connectivity index (χ0) is 21.5. The average Bonchev–Trinajstić information content (AvgIpc) is 3.11. The number of benzene rings is 2. The van der Waals surface area contributed by atoms with Crippen molar-refractivity contribution in [1.29, 1.82) is 0 Å². The zero-order valence-electron chi connectivity index (χ0n) is 15.2. The Bertz CT molecular complexity index is 1130. The molecule has 2 N–H and O–H groups in total. The van der Waals surface area contributed by atoms with E-state index in [1.54, 1.807) is 24.3 Å². The number of rotatable bonds is 3. The topological polar surface area (TPSA) is 76.0 Å². The number of nitrogens with zero attached hydrogens (tertiary/aromatic N) is 2. The van der Waals surface area contributed by atoms with E-state index in [2.05, 4.69) is 15.7 Å². The van der Waals surface area contributed by atoms with E-state index < -0.39 is 29.6 Å². The van der Waals surface area contributed by atoms with Crippen LogP contribution in [0.2, 0.25) is 5.02 Å². The molecule has 10 heteroatoms. The van der Waals surface area contributed by atoms with Crippen molar-refractivity contribution >= 4 is 34.9 Å². The van der Waals surface area contributed by atoms with Gasteiger partial charge >= 0.3 is 6.18 Å². The first-order chi connectivity index (χ1) is 14.2. The van der Waals surface area contributed by atoms with Gasteiger partial charge in [-0.1, -0.05) is 35.9 Å². The van der Waals surface area contributed by atoms with Gasteiger partial charge in [0.25, 0.3) is 0 Å². The van der Waals surface area contributed by atoms with Gasteiger partial charge < -0.3 is 10.6 Å². The second kappa shape index (κ2) is 7.49. The van der Waals surface area contributed by atoms with E-state index in [0.29, 0.717) is 16.1 Å². The van der Waals surface area contributed by atoms with E-state index in [4.69, 9.17) is 11.6 Å². The van der Waals surface area contributed by atoms with Gasteiger partial charge in [0.05, 0.1) is 23.9 Å². The first-order valence-corrected chi connectivity index (χ1v) is 9.22. The third-order valence-corrected chi connectivity index (χ3v) is 4.93. The summed E-state index contributed by atoms with van der Waals surface area (Å²) in [5.41, 5.74) is -0.0774. The van der Waals surface area contributed by atoms with E-state index in [9.17, 15) is 22.8 Å². The Morgan fingerprint density at radius 3 is 2.57 bits per heavy atom. The molecule has 0 radical (unpaired) electrons. The molecule has 1 aliphatic heterocycles. The fourth-order valence-electron chi connectivity index (χ4n) is 3.27. The smallest absolute Gasteiger partial charge is 0.324 e. The molecule has 0 bridgehead atoms. The molecule has 1 atom stereocenters. The van der Waals surface area contributed by atoms with E-state index >= 15 is 0 Å². The first kappa shape index (κ1) is 20.0. The number of hydrogen-bond donors (Lipinski definition) is 2. The fraction of sp³-hybridized carbons (Fsp3) is 0.150. The molecule has 0 aliphatic carbocycles. The molecule has 0 unspecified atom stereocenters. The summed E-state index contributed by atoms with van der Waals surface area (Å²) < 4.78 is 41.0. The van der Waals surface area contributed by atoms with Gasteiger partial charge in [0.1, 0.15) is 11.9 Å². The minimum Gasteiger partial charge on any atom is -0.324 e. The third kappa shape index (κ3) is 3.76. The maximum atomic E-state index is 13.2. The lowest BCUT2D eigenvalue weighted by Crippen LogP contribution is -2.36. The molecule has 4 rings (SSSR count). The van der Waals surface area contributed by atoms with E-state index in [0.717, 1.165) is 12.1 Å². The number of hydrogen-bond acceptors (Lipinski definition) is 3. The number of fused-ring (bicyclic) bond motifs is 1. The fourth-order valence-corrected chi connectivity index (χ4v) is 3.39. The van der Waals surface area contributed by atoms with Crippen molar-refractivity contribution in [3.05, 3.63) is 65.3 Å². The van der Waals surface area contributed by atoms with Crippen LogP contribution in [0.25, 0.3) is 11.1 Å². The zero-order valence-corrected chi connectivity index (χ0v) is 16.0. The molecule has 0 saturated heterocycles. The van der Waals surface area contributed by atoms with Crippen LogP contribution >= 0.6 is 11.6 Å². The van der Waals surface area contributed by atoms with Crippen LogP contribution in [0.5, 0.6) is 0 Å². The van der Waals surface area contributed by atoms with Crippen molar-refractivity contribution < 1.29 is 22.8 Å². The third-order valence-electron chi connectivity index (χ3n) is 4.68. The maximum Gasteiger partial charge on any atom is 0.418 e. The molecule has 1 aromatic heterocycles. The van der Waals surface area contributed by atoms with Crippen LogP contribution in [-0.4, -0.2) is 21.6 Å². The Kier molecular flexibility index (Phi) is 4.98. The highest BCUT2D eigenvalue weighted by Gasteiger charge is 2.36. The minimum atomic E-state index is -4.63. The van der Waals surface area contributed by atoms with Crippen LogP contribution in [0.1, 0.15) is 18.0 Å². The predicted octanol–water partition coefficient (Wildman–Crippen LogP) is 4.74. The Hall–Kier alpha value is -3.33. The van der Waals surface area contributed by atoms with Gasteiger partial charge in [0.15, 0.2) is 0 Å². The standard InChI is InChI=1S/C20H14ClF3N4O2/c21-12-7-5-11(6-8-12)13-10-25-28-16(9-17(29)27-18(13)28)19(30)26-15-4-2-1-3-14(15)20(22,23)24/h1-8,10,16H,9H2,(H,26,30)(H,27,29)/t16-/m0/s1. The number of aromatic nitrogens is 2. The van der Waals surface area contributed by atoms with Gasteiger partial charge in [-0.25, -0.2) is 4.68 Å². The Balaban J connectivity index is 1.67. The Labute approximate surface area is 173 Å². The molecule has 30 heavy (non-hydrogen) atoms. The van der Waals surface area contributed by atoms with Gasteiger partial charge in [-0.15, -0.1) is 0 Å². The molecular formula is C20H14ClF3N4O2. The number of anilines is 2. The van der Waals surface area contributed by atoms with Gasteiger partial charge in [0, 0.05) is 10.6 Å². The van der Waals surface area contributed by atoms with Crippen molar-refractivity contribution in [2.45, 2.75) is 18.6 Å². The Morgan fingerprint density at radius 1 is 1.17 bits per heavy atom. The van der Waals surface area contributed by atoms with Crippen molar-refractivity contribution in [2.24, 2.45) is 0 Å². The van der Waals surface area contributed by atoms with Gasteiger partial charge in [0.2, 0.25) is 11.8 Å². The summed E-state index contributed by atoms with van der Waals surface area (Å²) in [5.74, 6) is -0.922. The van der Waals surface area contributed by atoms with Crippen molar-refractivity contribution in [1.82, 2.24) is 9.78 Å². The summed E-state index contributed by atoms with van der Waals surface area (Å²) in [6, 6.07) is 10.4. The van der Waals surface area contributed by atoms with Crippen molar-refractivity contribution in [2.75, 3.05) is 10.6 Å². The number of alkyl halides is 3. The van der Waals surface area contributed by atoms with Crippen LogP contribution < -0.4 is 10.6 Å². The molecule has 2 heterocycles. The van der Waals surface area contributed by atoms with Crippen LogP contribution in [0.4, 0.5) is 24.7 Å². The summed E-state index contributed by atoms with van der Waals surface area (Å²) in [6.45, 7) is 0. The summed E-state index contributed by atoms with van der Waals surface area (Å²) >= 11 is 5.90. The number of para-hydroxylation sites is 1. The lowest BCUT2D eigenvalue weighted by Gasteiger charge is -2.25. The lowest BCUT2D eigenvalue weighted by atomic mass is 10.1. The molecule has 6 nitrogen and oxygen atoms in total. The van der Waals surface area contributed by atoms with E-state index in [-0.39, 0.29) is 17.9 Å². The highest BCUT2D eigenvalue weighted by atomic mass is 35.5. The predicted molar refractivity (Wildman–Crippen MR) is 105 cm³/mol. The minimum absolute atomic E-state index is 0.255. The molecule has 154 valence electrons. The lowest BCUT2D eigenvalue weighted by molar-refractivity contribution is -0.137. The molecule has 2 aromatic carbocycles. The summed E-state index contributed by atoms with van der Waals surface area (Å²) in [4.78, 5) is 25.0. The van der Waals surface area contributed by atoms with Gasteiger partial charge in [-0.2, -0.15) is 18.3 Å². The van der Waals surface area contributed by atoms with E-state index in [1.807, 2.05) is 0 Å². The number of nitrogens with one attached hydrogen (secondary N) is 2. The molecule has 0 fully saturated rings. The highest BCUT2D eigenvalue weighted by molar-refractivity contribution is 6.30. The summed E-state index contributed by atoms with van der Waals surface area (Å²) in [7, 11) is 0. The van der Waals surface area contributed by atoms with Gasteiger partial charge in [-0.05, 0) is 29.8 Å². The average molecular weight is 435 g/mol. The van der Waals surface area contributed by atoms with E-state index in [1.165, 1.54) is 23.0 Å². The number of amides is 2. The molecule has 0 spiro atoms. The van der Waals surface area contributed by atoms with Crippen molar-refractivity contribution in [3.63, 3.8) is 0 Å². The van der Waals surface area contributed by atoms with Crippen LogP contribution in [0.3, 0.4) is 0 Å². The van der Waals surface area contributed by atoms with Gasteiger partial charge in [-0.3, -0.25) is 9.59 Å². The maximum absolute atomic E-state index is 13.2. The first-order valence-electron chi connectivity index (χ1n) is 8.84. The second-order valence-electron chi connectivity index (χ2n) is 6.66. The number of carbonyl (C=O) groups is 2. The highest BCUT2D eigenvalue weighted by Crippen LogP contribution is 2.37. The largest absolute Gasteiger partial charge is 0.418 e. The Morgan fingerprint density at radius 2 is 1.87 bits per heavy atom. The molecule has 1 aliphatic rings. The van der Waals surface area contributed by atoms with Crippen LogP contribution in [0, 0.1) is 0 Å². The molecule has 0 saturated carbocycles. The number of halogens is 4. The second-order valence-corrected chi connectivity index (χ2v) is 7.10. The summed E-state index contributed by atoms with van der Waals surface area (Å²) in [6.07, 6.45) is -3.41. The monoisotopic (exact) mass is 434 g/mol. The molecular weight excluding hydrogens is 421 g/mol. The molecule has 3 aromatic rings. The van der Waals surface area contributed by atoms with Crippen molar-refractivity contribution in [3.8, 4) is 11.1 Å². The normalized spacial score (nSPS) is 16.0.